The largest absolute Gasteiger partial charge is 0.399 e. The van der Waals surface area contributed by atoms with E-state index in [-0.39, 0.29) is 72.9 Å². The molecule has 3 N–H and O–H groups in total. The zero-order valence-corrected chi connectivity index (χ0v) is 39.1. The zero-order chi connectivity index (χ0) is 45.2. The Bertz CT molecular complexity index is 1710. The van der Waals surface area contributed by atoms with Gasteiger partial charge in [0.15, 0.2) is 5.78 Å². The number of ketones is 2. The topological polar surface area (TPSA) is 186 Å². The highest BCUT2D eigenvalue weighted by molar-refractivity contribution is 7.90. The van der Waals surface area contributed by atoms with Gasteiger partial charge in [0, 0.05) is 64.1 Å². The first-order chi connectivity index (χ1) is 28.1. The fraction of sp³-hybridized carbons (Fsp3) is 0.756. The number of carbonyl (C=O) groups is 5. The van der Waals surface area contributed by atoms with Crippen molar-refractivity contribution < 1.29 is 41.9 Å². The van der Waals surface area contributed by atoms with Crippen LogP contribution < -0.4 is 10.5 Å². The van der Waals surface area contributed by atoms with Crippen LogP contribution in [0.1, 0.15) is 105 Å². The molecule has 2 aliphatic rings. The number of ether oxygens (including phenoxy) is 2. The number of nitrogens with one attached hydrogen (secondary N) is 1. The van der Waals surface area contributed by atoms with Gasteiger partial charge < -0.3 is 25.0 Å². The molecule has 15 heteroatoms. The van der Waals surface area contributed by atoms with E-state index in [9.17, 15) is 32.4 Å². The van der Waals surface area contributed by atoms with E-state index in [0.29, 0.717) is 37.9 Å². The SMILES string of the molecule is CC[C@H](C)[C@@H]([C@@H](CC(=O)N1CCC[C@H]1[C@H](OC)[C@@H](C)C(=O)C[C@@H](Cc1ccc(N)cc1)C(=O)NS(=O)(=O)C1CC1)OC)N(C)C(=O)[C@@H](CC(=O)[C@H](C(C)C)N(C)C)C(C)C. The smallest absolute Gasteiger partial charge is 0.237 e. The number of methoxy groups -OCH3 is 2. The molecular weight excluding hydrogens is 787 g/mol. The molecule has 0 bridgehead atoms. The molecule has 9 atom stereocenters. The van der Waals surface area contributed by atoms with E-state index in [1.165, 1.54) is 7.11 Å². The van der Waals surface area contributed by atoms with Gasteiger partial charge in [-0.15, -0.1) is 0 Å². The number of anilines is 1. The van der Waals surface area contributed by atoms with Gasteiger partial charge in [0.1, 0.15) is 5.78 Å². The molecule has 0 aromatic heterocycles. The molecule has 1 aliphatic carbocycles. The maximum Gasteiger partial charge on any atom is 0.237 e. The van der Waals surface area contributed by atoms with Gasteiger partial charge >= 0.3 is 0 Å². The molecule has 0 radical (unpaired) electrons. The quantitative estimate of drug-likeness (QED) is 0.130. The number of rotatable bonds is 25. The van der Waals surface area contributed by atoms with Crippen molar-refractivity contribution >= 4 is 45.0 Å². The van der Waals surface area contributed by atoms with Gasteiger partial charge in [0.05, 0.1) is 42.0 Å². The van der Waals surface area contributed by atoms with Gasteiger partial charge in [-0.3, -0.25) is 33.6 Å². The summed E-state index contributed by atoms with van der Waals surface area (Å²) >= 11 is 0. The molecule has 60 heavy (non-hydrogen) atoms. The lowest BCUT2D eigenvalue weighted by Crippen LogP contribution is -2.54. The molecule has 14 nitrogen and oxygen atoms in total. The zero-order valence-electron chi connectivity index (χ0n) is 38.3. The van der Waals surface area contributed by atoms with Crippen molar-refractivity contribution in [3.05, 3.63) is 29.8 Å². The van der Waals surface area contributed by atoms with Crippen molar-refractivity contribution in [2.24, 2.45) is 35.5 Å². The van der Waals surface area contributed by atoms with Crippen LogP contribution >= 0.6 is 0 Å². The van der Waals surface area contributed by atoms with Crippen LogP contribution in [-0.4, -0.2) is 130 Å². The summed E-state index contributed by atoms with van der Waals surface area (Å²) in [6, 6.07) is 5.67. The summed E-state index contributed by atoms with van der Waals surface area (Å²) in [6.07, 6.45) is 1.63. The van der Waals surface area contributed by atoms with Gasteiger partial charge in [-0.1, -0.05) is 67.0 Å². The summed E-state index contributed by atoms with van der Waals surface area (Å²) in [7, 11) is 4.72. The van der Waals surface area contributed by atoms with E-state index in [4.69, 9.17) is 15.2 Å². The summed E-state index contributed by atoms with van der Waals surface area (Å²) < 4.78 is 39.7. The summed E-state index contributed by atoms with van der Waals surface area (Å²) in [5, 5.41) is -0.602. The van der Waals surface area contributed by atoms with Crippen LogP contribution in [0.2, 0.25) is 0 Å². The van der Waals surface area contributed by atoms with Crippen LogP contribution in [0.3, 0.4) is 0 Å². The maximum atomic E-state index is 14.4. The van der Waals surface area contributed by atoms with Crippen LogP contribution in [0.25, 0.3) is 0 Å². The second-order valence-electron chi connectivity index (χ2n) is 18.3. The van der Waals surface area contributed by atoms with E-state index in [1.54, 1.807) is 55.1 Å². The third-order valence-electron chi connectivity index (χ3n) is 12.9. The van der Waals surface area contributed by atoms with Crippen LogP contribution in [0.15, 0.2) is 24.3 Å². The minimum Gasteiger partial charge on any atom is -0.399 e. The van der Waals surface area contributed by atoms with Crippen LogP contribution in [-0.2, 0) is 49.9 Å². The third-order valence-corrected chi connectivity index (χ3v) is 14.7. The predicted octanol–water partition coefficient (Wildman–Crippen LogP) is 4.73. The predicted molar refractivity (Wildman–Crippen MR) is 234 cm³/mol. The average Bonchev–Trinajstić information content (AvgIpc) is 3.95. The molecule has 1 aromatic rings. The molecule has 340 valence electrons. The van der Waals surface area contributed by atoms with E-state index in [1.807, 2.05) is 60.5 Å². The number of hydrogen-bond donors (Lipinski definition) is 2. The highest BCUT2D eigenvalue weighted by atomic mass is 32.2. The molecule has 1 saturated carbocycles. The molecule has 1 aromatic carbocycles. The molecule has 3 rings (SSSR count). The average molecular weight is 862 g/mol. The lowest BCUT2D eigenvalue weighted by atomic mass is 9.83. The number of amides is 3. The highest BCUT2D eigenvalue weighted by Crippen LogP contribution is 2.33. The standard InChI is InChI=1S/C45H75N5O9S/c1-13-29(6)42(49(10)45(55)35(27(2)3)25-38(52)41(28(4)5)48(8)9)39(58-11)26-40(53)50-22-14-15-36(50)43(59-12)30(7)37(51)24-32(23-31-16-18-33(46)19-17-31)44(54)47-60(56,57)34-20-21-34/h16-19,27-30,32,34-36,39,41-43H,13-15,20-26,46H2,1-12H3,(H,47,54)/t29-,30-,32+,35-,36-,39+,41-,42-,43+/m0/s1. The lowest BCUT2D eigenvalue weighted by molar-refractivity contribution is -0.149. The number of sulfonamides is 1. The van der Waals surface area contributed by atoms with E-state index in [0.717, 1.165) is 12.0 Å². The van der Waals surface area contributed by atoms with Crippen LogP contribution in [0.4, 0.5) is 5.69 Å². The summed E-state index contributed by atoms with van der Waals surface area (Å²) in [5.41, 5.74) is 7.14. The third kappa shape index (κ3) is 13.3. The molecule has 3 amide bonds. The van der Waals surface area contributed by atoms with Gasteiger partial charge in [0.2, 0.25) is 27.7 Å². The fourth-order valence-electron chi connectivity index (χ4n) is 9.11. The van der Waals surface area contributed by atoms with E-state index < -0.39 is 63.2 Å². The van der Waals surface area contributed by atoms with Crippen molar-refractivity contribution in [1.29, 1.82) is 0 Å². The fourth-order valence-corrected chi connectivity index (χ4v) is 10.5. The number of nitrogens with two attached hydrogens (primary N) is 1. The van der Waals surface area contributed by atoms with Gasteiger partial charge in [-0.05, 0) is 81.6 Å². The molecule has 2 fully saturated rings. The Morgan fingerprint density at radius 2 is 1.48 bits per heavy atom. The van der Waals surface area contributed by atoms with Crippen molar-refractivity contribution in [1.82, 2.24) is 19.4 Å². The molecule has 1 aliphatic heterocycles. The summed E-state index contributed by atoms with van der Waals surface area (Å²) in [6.45, 7) is 14.2. The summed E-state index contributed by atoms with van der Waals surface area (Å²) in [5.74, 6) is -3.63. The molecule has 0 unspecified atom stereocenters. The van der Waals surface area contributed by atoms with Crippen molar-refractivity contribution in [2.75, 3.05) is 47.6 Å². The molecule has 0 spiro atoms. The number of likely N-dealkylation sites (tertiary alicyclic amines) is 1. The number of carbonyl (C=O) groups excluding carboxylic acids is 5. The monoisotopic (exact) mass is 862 g/mol. The van der Waals surface area contributed by atoms with Crippen LogP contribution in [0.5, 0.6) is 0 Å². The second kappa shape index (κ2) is 22.6. The number of hydrogen-bond acceptors (Lipinski definition) is 11. The first-order valence-corrected chi connectivity index (χ1v) is 23.4. The number of nitrogen functional groups attached to an aromatic ring is 1. The number of benzene rings is 1. The number of likely N-dealkylation sites (N-methyl/N-ethyl adjacent to an activating group) is 2. The maximum absolute atomic E-state index is 14.4. The lowest BCUT2D eigenvalue weighted by Gasteiger charge is -2.41. The Morgan fingerprint density at radius 1 is 0.867 bits per heavy atom. The van der Waals surface area contributed by atoms with Gasteiger partial charge in [-0.25, -0.2) is 8.42 Å². The minimum atomic E-state index is -3.84. The van der Waals surface area contributed by atoms with Crippen molar-refractivity contribution in [3.8, 4) is 0 Å². The Hall–Kier alpha value is -3.40. The Labute approximate surface area is 360 Å². The Balaban J connectivity index is 1.81. The summed E-state index contributed by atoms with van der Waals surface area (Å²) in [4.78, 5) is 75.2. The highest BCUT2D eigenvalue weighted by Gasteiger charge is 2.44. The first kappa shape index (κ1) is 51.0. The second-order valence-corrected chi connectivity index (χ2v) is 20.2. The van der Waals surface area contributed by atoms with Gasteiger partial charge in [0.25, 0.3) is 0 Å². The van der Waals surface area contributed by atoms with E-state index in [2.05, 4.69) is 4.72 Å². The Morgan fingerprint density at radius 3 is 1.98 bits per heavy atom. The Kier molecular flexibility index (Phi) is 19.2. The molecule has 1 heterocycles. The van der Waals surface area contributed by atoms with Crippen molar-refractivity contribution in [2.45, 2.75) is 142 Å². The number of nitrogens with zero attached hydrogens (tertiary/aromatic N) is 3. The first-order valence-electron chi connectivity index (χ1n) is 21.8. The molecular formula is C45H75N5O9S. The molecule has 1 saturated heterocycles. The number of Topliss-reactive ketones (excluding diaryl/α,β-unsaturated/α-hetero) is 2. The van der Waals surface area contributed by atoms with E-state index >= 15 is 0 Å². The van der Waals surface area contributed by atoms with Crippen LogP contribution in [0, 0.1) is 35.5 Å². The normalized spacial score (nSPS) is 20.0. The van der Waals surface area contributed by atoms with Gasteiger partial charge in [-0.2, -0.15) is 0 Å². The minimum absolute atomic E-state index is 0.0149. The van der Waals surface area contributed by atoms with Crippen molar-refractivity contribution in [3.63, 3.8) is 0 Å².